The second kappa shape index (κ2) is 15.4. The summed E-state index contributed by atoms with van der Waals surface area (Å²) in [5, 5.41) is 10.2. The minimum absolute atomic E-state index is 0.0543. The van der Waals surface area contributed by atoms with Gasteiger partial charge < -0.3 is 14.4 Å². The molecule has 1 aliphatic rings. The maximum atomic E-state index is 10.8. The van der Waals surface area contributed by atoms with Gasteiger partial charge in [0.15, 0.2) is 0 Å². The molecular weight excluding hydrogens is 475 g/mol. The summed E-state index contributed by atoms with van der Waals surface area (Å²) in [6.07, 6.45) is 3.91. The first-order chi connectivity index (χ1) is 16.4. The molecule has 1 fully saturated rings. The van der Waals surface area contributed by atoms with Crippen LogP contribution < -0.4 is 5.30 Å². The number of carboxylic acid groups (broad SMARTS) is 1. The number of ether oxygens (including phenoxy) is 1. The van der Waals surface area contributed by atoms with E-state index < -0.39 is 14.1 Å². The van der Waals surface area contributed by atoms with Crippen molar-refractivity contribution in [1.82, 2.24) is 0 Å². The minimum atomic E-state index is -0.874. The predicted molar refractivity (Wildman–Crippen MR) is 152 cm³/mol. The maximum Gasteiger partial charge on any atom is 0.346 e. The lowest BCUT2D eigenvalue weighted by molar-refractivity contribution is 0.0653. The van der Waals surface area contributed by atoms with E-state index in [0.717, 1.165) is 29.6 Å². The summed E-state index contributed by atoms with van der Waals surface area (Å²) in [5.74, 6) is 6.18. The highest BCUT2D eigenvalue weighted by molar-refractivity contribution is 7.60. The third kappa shape index (κ3) is 12.2. The summed E-state index contributed by atoms with van der Waals surface area (Å²) in [5.41, 5.74) is 3.38. The van der Waals surface area contributed by atoms with Crippen LogP contribution in [0.25, 0.3) is 0 Å². The number of aromatic carboxylic acids is 1. The molecule has 1 aromatic carbocycles. The van der Waals surface area contributed by atoms with Crippen molar-refractivity contribution in [2.75, 3.05) is 27.0 Å². The second-order valence-electron chi connectivity index (χ2n) is 9.86. The van der Waals surface area contributed by atoms with Crippen LogP contribution in [0.1, 0.15) is 78.2 Å². The third-order valence-electron chi connectivity index (χ3n) is 5.56. The number of rotatable bonds is 4. The molecule has 0 spiro atoms. The van der Waals surface area contributed by atoms with Crippen molar-refractivity contribution in [1.29, 1.82) is 0 Å². The van der Waals surface area contributed by atoms with Gasteiger partial charge in [0.05, 0.1) is 13.0 Å². The molecule has 1 N–H and O–H groups in total. The Hall–Kier alpha value is -1.70. The highest BCUT2D eigenvalue weighted by Gasteiger charge is 2.12. The van der Waals surface area contributed by atoms with Gasteiger partial charge >= 0.3 is 5.97 Å². The zero-order valence-electron chi connectivity index (χ0n) is 22.9. The van der Waals surface area contributed by atoms with Gasteiger partial charge in [0.25, 0.3) is 0 Å². The third-order valence-corrected chi connectivity index (χ3v) is 8.42. The Labute approximate surface area is 218 Å². The van der Waals surface area contributed by atoms with Crippen LogP contribution in [0.2, 0.25) is 0 Å². The van der Waals surface area contributed by atoms with Gasteiger partial charge in [-0.1, -0.05) is 48.9 Å². The van der Waals surface area contributed by atoms with Crippen LogP contribution in [0.4, 0.5) is 0 Å². The lowest BCUT2D eigenvalue weighted by atomic mass is 9.98. The molecule has 1 aromatic heterocycles. The van der Waals surface area contributed by atoms with Crippen LogP contribution in [-0.4, -0.2) is 38.1 Å². The fourth-order valence-corrected chi connectivity index (χ4v) is 5.32. The molecule has 1 aliphatic heterocycles. The number of hydrogen-bond acceptors (Lipinski definition) is 4. The van der Waals surface area contributed by atoms with Gasteiger partial charge in [0.2, 0.25) is 0 Å². The quantitative estimate of drug-likeness (QED) is 0.335. The molecule has 0 saturated carbocycles. The van der Waals surface area contributed by atoms with Gasteiger partial charge in [-0.3, -0.25) is 0 Å². The van der Waals surface area contributed by atoms with E-state index in [9.17, 15) is 4.79 Å². The van der Waals surface area contributed by atoms with Crippen molar-refractivity contribution >= 4 is 30.8 Å². The average molecular weight is 519 g/mol. The Bertz CT molecular complexity index is 988. The number of benzene rings is 1. The lowest BCUT2D eigenvalue weighted by Crippen LogP contribution is -2.14. The summed E-state index contributed by atoms with van der Waals surface area (Å²) >= 11 is 1.24. The standard InChI is InChI=1S/C12H14O2S.C10H15OP.C7H14O/c1-8-7-9(5-6-12(2,3)4)15-10(8)11(13)14;1-8-5-6-10(9(2)7-8)12(4)11-3;1-2-7-3-5-8-6-4-7/h7H,1-4H3,(H,13,14);5-7H,1-4H3;7H,2-6H2,1H3. The van der Waals surface area contributed by atoms with Gasteiger partial charge in [-0.2, -0.15) is 0 Å². The van der Waals surface area contributed by atoms with E-state index in [1.165, 1.54) is 47.0 Å². The second-order valence-corrected chi connectivity index (χ2v) is 12.8. The van der Waals surface area contributed by atoms with Crippen molar-refractivity contribution in [3.63, 3.8) is 0 Å². The van der Waals surface area contributed by atoms with Crippen LogP contribution in [0.15, 0.2) is 24.3 Å². The maximum absolute atomic E-state index is 10.8. The molecule has 3 rings (SSSR count). The van der Waals surface area contributed by atoms with Gasteiger partial charge in [-0.25, -0.2) is 4.79 Å². The molecule has 6 heteroatoms. The molecule has 0 amide bonds. The molecule has 0 aliphatic carbocycles. The van der Waals surface area contributed by atoms with Crippen LogP contribution in [0, 0.1) is 43.9 Å². The number of carbonyl (C=O) groups is 1. The molecule has 2 aromatic rings. The van der Waals surface area contributed by atoms with Crippen molar-refractivity contribution in [2.24, 2.45) is 11.3 Å². The van der Waals surface area contributed by atoms with E-state index in [-0.39, 0.29) is 5.41 Å². The van der Waals surface area contributed by atoms with E-state index in [4.69, 9.17) is 14.4 Å². The van der Waals surface area contributed by atoms with Crippen molar-refractivity contribution in [2.45, 2.75) is 67.7 Å². The fraction of sp³-hybridized carbons (Fsp3) is 0.552. The molecular formula is C29H43O4PS. The Morgan fingerprint density at radius 3 is 2.23 bits per heavy atom. The van der Waals surface area contributed by atoms with E-state index >= 15 is 0 Å². The highest BCUT2D eigenvalue weighted by atomic mass is 32.1. The molecule has 1 unspecified atom stereocenters. The topological polar surface area (TPSA) is 55.8 Å². The van der Waals surface area contributed by atoms with Crippen molar-refractivity contribution in [3.8, 4) is 11.8 Å². The average Bonchev–Trinajstić information content (AvgIpc) is 3.19. The van der Waals surface area contributed by atoms with E-state index in [0.29, 0.717) is 4.88 Å². The fourth-order valence-electron chi connectivity index (χ4n) is 3.42. The number of carboxylic acids is 1. The van der Waals surface area contributed by atoms with Crippen LogP contribution in [0.3, 0.4) is 0 Å². The van der Waals surface area contributed by atoms with Gasteiger partial charge in [-0.15, -0.1) is 11.3 Å². The monoisotopic (exact) mass is 518 g/mol. The summed E-state index contributed by atoms with van der Waals surface area (Å²) < 4.78 is 10.5. The zero-order valence-corrected chi connectivity index (χ0v) is 24.7. The molecule has 194 valence electrons. The molecule has 0 bridgehead atoms. The zero-order chi connectivity index (χ0) is 26.6. The Balaban J connectivity index is 0.000000274. The first-order valence-electron chi connectivity index (χ1n) is 12.2. The van der Waals surface area contributed by atoms with Crippen LogP contribution in [0.5, 0.6) is 0 Å². The Morgan fingerprint density at radius 1 is 1.17 bits per heavy atom. The molecule has 0 radical (unpaired) electrons. The summed E-state index contributed by atoms with van der Waals surface area (Å²) in [6.45, 7) is 18.5. The number of hydrogen-bond donors (Lipinski definition) is 1. The van der Waals surface area contributed by atoms with E-state index in [1.54, 1.807) is 14.0 Å². The first kappa shape index (κ1) is 31.3. The minimum Gasteiger partial charge on any atom is -0.477 e. The Kier molecular flexibility index (Phi) is 13.8. The summed E-state index contributed by atoms with van der Waals surface area (Å²) in [4.78, 5) is 12.0. The lowest BCUT2D eigenvalue weighted by Gasteiger charge is -2.19. The molecule has 2 heterocycles. The van der Waals surface area contributed by atoms with Crippen molar-refractivity contribution in [3.05, 3.63) is 50.7 Å². The molecule has 4 nitrogen and oxygen atoms in total. The van der Waals surface area contributed by atoms with Gasteiger partial charge in [0, 0.05) is 31.0 Å². The van der Waals surface area contributed by atoms with E-state index in [1.807, 2.05) is 26.8 Å². The van der Waals surface area contributed by atoms with Crippen molar-refractivity contribution < 1.29 is 19.2 Å². The molecule has 1 atom stereocenters. The predicted octanol–water partition coefficient (Wildman–Crippen LogP) is 7.58. The SMILES string of the molecule is CCC1CCOCC1.COP(C)c1ccc(C)cc1C.Cc1cc(C#CC(C)(C)C)sc1C(=O)O. The first-order valence-corrected chi connectivity index (χ1v) is 14.7. The smallest absolute Gasteiger partial charge is 0.346 e. The molecule has 1 saturated heterocycles. The normalized spacial score (nSPS) is 14.4. The summed E-state index contributed by atoms with van der Waals surface area (Å²) in [6, 6.07) is 8.33. The van der Waals surface area contributed by atoms with Gasteiger partial charge in [0.1, 0.15) is 4.88 Å². The van der Waals surface area contributed by atoms with E-state index in [2.05, 4.69) is 57.5 Å². The Morgan fingerprint density at radius 2 is 1.80 bits per heavy atom. The largest absolute Gasteiger partial charge is 0.477 e. The van der Waals surface area contributed by atoms with Gasteiger partial charge in [-0.05, 0) is 84.2 Å². The number of thiophene rings is 1. The summed E-state index contributed by atoms with van der Waals surface area (Å²) in [7, 11) is 1.36. The highest BCUT2D eigenvalue weighted by Crippen LogP contribution is 2.30. The number of aryl methyl sites for hydroxylation is 3. The van der Waals surface area contributed by atoms with Crippen LogP contribution >= 0.6 is 19.5 Å². The van der Waals surface area contributed by atoms with Crippen LogP contribution in [-0.2, 0) is 9.26 Å². The molecule has 35 heavy (non-hydrogen) atoms.